The Hall–Kier alpha value is -3.20. The van der Waals surface area contributed by atoms with Crippen molar-refractivity contribution < 1.29 is 9.18 Å². The molecule has 1 amide bonds. The molecule has 4 rings (SSSR count). The van der Waals surface area contributed by atoms with Gasteiger partial charge in [0.05, 0.1) is 11.4 Å². The standard InChI is InChI=1S/C23H30FN7O/c1-30(2)20-12-16(6-9-26-20)19-14-27-22(28-19)23(32)29-18-5-3-4-17(24)21(18)31-10-7-15(13-25)8-11-31/h3-6,9,14-16H,7-8,10-13,25H2,1-2H3,(H,27,28)(H,29,32). The van der Waals surface area contributed by atoms with Crippen LogP contribution < -0.4 is 16.0 Å². The summed E-state index contributed by atoms with van der Waals surface area (Å²) in [7, 11) is 3.91. The molecule has 1 aromatic heterocycles. The molecule has 1 aromatic carbocycles. The van der Waals surface area contributed by atoms with Crippen molar-refractivity contribution in [1.29, 1.82) is 0 Å². The van der Waals surface area contributed by atoms with Gasteiger partial charge in [-0.05, 0) is 37.4 Å². The van der Waals surface area contributed by atoms with Gasteiger partial charge in [0, 0.05) is 57.6 Å². The third-order valence-corrected chi connectivity index (χ3v) is 6.17. The van der Waals surface area contributed by atoms with Crippen molar-refractivity contribution in [3.05, 3.63) is 54.0 Å². The average Bonchev–Trinajstić information content (AvgIpc) is 3.30. The predicted molar refractivity (Wildman–Crippen MR) is 125 cm³/mol. The summed E-state index contributed by atoms with van der Waals surface area (Å²) in [5.74, 6) is 0.926. The second kappa shape index (κ2) is 9.52. The van der Waals surface area contributed by atoms with Gasteiger partial charge in [-0.25, -0.2) is 14.4 Å². The summed E-state index contributed by atoms with van der Waals surface area (Å²) in [4.78, 5) is 28.6. The SMILES string of the molecule is CN(C)C1=NC=CC(c2cnc(C(=O)Nc3cccc(F)c3N3CCC(CN)CC3)[nH]2)C1. The molecule has 1 saturated heterocycles. The maximum Gasteiger partial charge on any atom is 0.291 e. The Bertz CT molecular complexity index is 1020. The normalized spacial score (nSPS) is 19.1. The Balaban J connectivity index is 1.48. The molecule has 1 atom stereocenters. The number of allylic oxidation sites excluding steroid dienone is 1. The maximum absolute atomic E-state index is 14.8. The van der Waals surface area contributed by atoms with E-state index in [9.17, 15) is 9.18 Å². The lowest BCUT2D eigenvalue weighted by molar-refractivity contribution is 0.101. The van der Waals surface area contributed by atoms with Gasteiger partial charge in [0.15, 0.2) is 5.82 Å². The van der Waals surface area contributed by atoms with Gasteiger partial charge in [-0.3, -0.25) is 4.79 Å². The van der Waals surface area contributed by atoms with Gasteiger partial charge in [-0.15, -0.1) is 0 Å². The molecule has 3 heterocycles. The Morgan fingerprint density at radius 2 is 2.12 bits per heavy atom. The van der Waals surface area contributed by atoms with Crippen LogP contribution in [0.5, 0.6) is 0 Å². The number of hydrogen-bond donors (Lipinski definition) is 3. The molecule has 2 aromatic rings. The van der Waals surface area contributed by atoms with Crippen LogP contribution in [0.1, 0.15) is 41.5 Å². The molecule has 8 nitrogen and oxygen atoms in total. The summed E-state index contributed by atoms with van der Waals surface area (Å²) in [6, 6.07) is 4.74. The average molecular weight is 440 g/mol. The summed E-state index contributed by atoms with van der Waals surface area (Å²) in [6.07, 6.45) is 7.97. The Kier molecular flexibility index (Phi) is 6.55. The number of carbonyl (C=O) groups excluding carboxylic acids is 1. The fourth-order valence-electron chi connectivity index (χ4n) is 4.21. The largest absolute Gasteiger partial charge is 0.367 e. The molecule has 0 saturated carbocycles. The number of aromatic amines is 1. The van der Waals surface area contributed by atoms with Gasteiger partial charge in [-0.1, -0.05) is 12.1 Å². The van der Waals surface area contributed by atoms with Crippen LogP contribution in [0.15, 0.2) is 41.7 Å². The molecular weight excluding hydrogens is 409 g/mol. The number of H-pyrrole nitrogens is 1. The number of piperidine rings is 1. The van der Waals surface area contributed by atoms with Gasteiger partial charge < -0.3 is 25.8 Å². The minimum absolute atomic E-state index is 0.0625. The van der Waals surface area contributed by atoms with E-state index in [4.69, 9.17) is 5.73 Å². The van der Waals surface area contributed by atoms with Crippen LogP contribution in [-0.2, 0) is 0 Å². The molecule has 0 radical (unpaired) electrons. The number of nitrogens with two attached hydrogens (primary N) is 1. The molecule has 0 spiro atoms. The van der Waals surface area contributed by atoms with Crippen molar-refractivity contribution in [3.63, 3.8) is 0 Å². The van der Waals surface area contributed by atoms with E-state index < -0.39 is 5.91 Å². The van der Waals surface area contributed by atoms with E-state index in [2.05, 4.69) is 20.3 Å². The summed E-state index contributed by atoms with van der Waals surface area (Å²) in [5.41, 5.74) is 7.48. The fraction of sp³-hybridized carbons (Fsp3) is 0.435. The van der Waals surface area contributed by atoms with Gasteiger partial charge in [0.1, 0.15) is 11.7 Å². The van der Waals surface area contributed by atoms with E-state index in [1.807, 2.05) is 30.0 Å². The molecule has 9 heteroatoms. The number of benzene rings is 1. The van der Waals surface area contributed by atoms with Crippen molar-refractivity contribution in [2.45, 2.75) is 25.2 Å². The maximum atomic E-state index is 14.8. The van der Waals surface area contributed by atoms with Crippen molar-refractivity contribution in [2.24, 2.45) is 16.6 Å². The van der Waals surface area contributed by atoms with Gasteiger partial charge in [0.2, 0.25) is 0 Å². The lowest BCUT2D eigenvalue weighted by atomic mass is 9.96. The summed E-state index contributed by atoms with van der Waals surface area (Å²) in [6.45, 7) is 2.06. The topological polar surface area (TPSA) is 103 Å². The third kappa shape index (κ3) is 4.67. The van der Waals surface area contributed by atoms with Gasteiger partial charge in [0.25, 0.3) is 5.91 Å². The summed E-state index contributed by atoms with van der Waals surface area (Å²) >= 11 is 0. The number of aromatic nitrogens is 2. The second-order valence-electron chi connectivity index (χ2n) is 8.54. The number of nitrogens with one attached hydrogen (secondary N) is 2. The number of amidine groups is 1. The van der Waals surface area contributed by atoms with E-state index in [0.717, 1.165) is 30.8 Å². The van der Waals surface area contributed by atoms with Gasteiger partial charge in [-0.2, -0.15) is 0 Å². The number of anilines is 2. The van der Waals surface area contributed by atoms with Crippen LogP contribution in [-0.4, -0.2) is 60.3 Å². The number of imidazole rings is 1. The zero-order chi connectivity index (χ0) is 22.7. The number of rotatable bonds is 5. The van der Waals surface area contributed by atoms with Crippen molar-refractivity contribution in [3.8, 4) is 0 Å². The molecule has 0 aliphatic carbocycles. The quantitative estimate of drug-likeness (QED) is 0.665. The second-order valence-corrected chi connectivity index (χ2v) is 8.54. The summed E-state index contributed by atoms with van der Waals surface area (Å²) in [5, 5.41) is 2.84. The van der Waals surface area contributed by atoms with Crippen LogP contribution in [0.4, 0.5) is 15.8 Å². The van der Waals surface area contributed by atoms with E-state index in [1.165, 1.54) is 6.07 Å². The summed E-state index contributed by atoms with van der Waals surface area (Å²) < 4.78 is 14.8. The lowest BCUT2D eigenvalue weighted by Crippen LogP contribution is -2.37. The first kappa shape index (κ1) is 22.0. The molecular formula is C23H30FN7O. The molecule has 1 unspecified atom stereocenters. The van der Waals surface area contributed by atoms with Crippen LogP contribution in [0.3, 0.4) is 0 Å². The molecule has 170 valence electrons. The number of para-hydroxylation sites is 1. The highest BCUT2D eigenvalue weighted by Gasteiger charge is 2.25. The zero-order valence-corrected chi connectivity index (χ0v) is 18.5. The highest BCUT2D eigenvalue weighted by molar-refractivity contribution is 6.03. The zero-order valence-electron chi connectivity index (χ0n) is 18.5. The highest BCUT2D eigenvalue weighted by atomic mass is 19.1. The van der Waals surface area contributed by atoms with Crippen LogP contribution in [0, 0.1) is 11.7 Å². The first-order valence-corrected chi connectivity index (χ1v) is 11.0. The third-order valence-electron chi connectivity index (χ3n) is 6.17. The lowest BCUT2D eigenvalue weighted by Gasteiger charge is -2.34. The van der Waals surface area contributed by atoms with Gasteiger partial charge >= 0.3 is 0 Å². The monoisotopic (exact) mass is 439 g/mol. The Labute approximate surface area is 187 Å². The first-order chi connectivity index (χ1) is 15.5. The van der Waals surface area contributed by atoms with Crippen LogP contribution >= 0.6 is 0 Å². The number of amides is 1. The predicted octanol–water partition coefficient (Wildman–Crippen LogP) is 2.94. The number of nitrogens with zero attached hydrogens (tertiary/aromatic N) is 4. The first-order valence-electron chi connectivity index (χ1n) is 11.0. The molecule has 1 fully saturated rings. The van der Waals surface area contributed by atoms with E-state index in [1.54, 1.807) is 24.5 Å². The molecule has 4 N–H and O–H groups in total. The minimum Gasteiger partial charge on any atom is -0.367 e. The minimum atomic E-state index is -0.402. The Morgan fingerprint density at radius 1 is 1.34 bits per heavy atom. The highest BCUT2D eigenvalue weighted by Crippen LogP contribution is 2.33. The van der Waals surface area contributed by atoms with E-state index in [-0.39, 0.29) is 17.6 Å². The molecule has 2 aliphatic heterocycles. The number of hydrogen-bond acceptors (Lipinski definition) is 6. The van der Waals surface area contributed by atoms with Crippen molar-refractivity contribution >= 4 is 23.1 Å². The number of carbonyl (C=O) groups is 1. The van der Waals surface area contributed by atoms with Crippen LogP contribution in [0.2, 0.25) is 0 Å². The number of halogens is 1. The van der Waals surface area contributed by atoms with E-state index >= 15 is 0 Å². The number of aliphatic imine (C=N–C) groups is 1. The molecule has 2 aliphatic rings. The molecule has 32 heavy (non-hydrogen) atoms. The van der Waals surface area contributed by atoms with Crippen LogP contribution in [0.25, 0.3) is 0 Å². The fourth-order valence-corrected chi connectivity index (χ4v) is 4.21. The van der Waals surface area contributed by atoms with Crippen molar-refractivity contribution in [1.82, 2.24) is 14.9 Å². The Morgan fingerprint density at radius 3 is 2.84 bits per heavy atom. The molecule has 0 bridgehead atoms. The van der Waals surface area contributed by atoms with E-state index in [0.29, 0.717) is 36.9 Å². The van der Waals surface area contributed by atoms with Crippen molar-refractivity contribution in [2.75, 3.05) is 43.9 Å². The smallest absolute Gasteiger partial charge is 0.291 e.